The van der Waals surface area contributed by atoms with Crippen LogP contribution in [0.15, 0.2) is 28.4 Å². The van der Waals surface area contributed by atoms with Crippen molar-refractivity contribution in [2.45, 2.75) is 26.7 Å². The van der Waals surface area contributed by atoms with Crippen LogP contribution in [0, 0.1) is 6.92 Å². The van der Waals surface area contributed by atoms with Crippen molar-refractivity contribution in [1.29, 1.82) is 0 Å². The molecular weight excluding hydrogens is 272 g/mol. The fourth-order valence-electron chi connectivity index (χ4n) is 1.94. The largest absolute Gasteiger partial charge is 0.493 e. The van der Waals surface area contributed by atoms with Gasteiger partial charge in [-0.15, -0.1) is 10.2 Å². The summed E-state index contributed by atoms with van der Waals surface area (Å²) in [4.78, 5) is 2.91. The lowest BCUT2D eigenvalue weighted by Crippen LogP contribution is -2.19. The van der Waals surface area contributed by atoms with E-state index >= 15 is 0 Å². The minimum absolute atomic E-state index is 0.00871. The first-order chi connectivity index (χ1) is 9.63. The Bertz CT molecular complexity index is 648. The highest BCUT2D eigenvalue weighted by Gasteiger charge is 2.11. The zero-order valence-corrected chi connectivity index (χ0v) is 12.4. The van der Waals surface area contributed by atoms with Gasteiger partial charge in [-0.2, -0.15) is 0 Å². The average Bonchev–Trinajstić information content (AvgIpc) is 2.74. The smallest absolute Gasteiger partial charge is 0.218 e. The number of nitrogens with one attached hydrogen (secondary N) is 2. The van der Waals surface area contributed by atoms with Gasteiger partial charge >= 0.3 is 0 Å². The maximum absolute atomic E-state index is 9.91. The van der Waals surface area contributed by atoms with Crippen LogP contribution in [-0.4, -0.2) is 21.7 Å². The summed E-state index contributed by atoms with van der Waals surface area (Å²) in [5.41, 5.74) is 2.33. The number of thiocarbonyl (C=S) groups is 1. The van der Waals surface area contributed by atoms with Crippen LogP contribution in [0.1, 0.15) is 25.3 Å². The Hall–Kier alpha value is -1.95. The molecule has 3 N–H and O–H groups in total. The van der Waals surface area contributed by atoms with Crippen molar-refractivity contribution in [2.24, 2.45) is 10.2 Å². The molecule has 6 heteroatoms. The molecule has 0 radical (unpaired) electrons. The van der Waals surface area contributed by atoms with Crippen molar-refractivity contribution in [3.05, 3.63) is 23.8 Å². The summed E-state index contributed by atoms with van der Waals surface area (Å²) in [6.45, 7) is 4.86. The summed E-state index contributed by atoms with van der Waals surface area (Å²) < 4.78 is 0. The molecule has 20 heavy (non-hydrogen) atoms. The number of aromatic amines is 1. The highest BCUT2D eigenvalue weighted by Crippen LogP contribution is 2.36. The molecule has 1 aromatic heterocycles. The second kappa shape index (κ2) is 6.47. The molecule has 2 rings (SSSR count). The molecule has 0 aliphatic carbocycles. The third-order valence-electron chi connectivity index (χ3n) is 3.04. The standard InChI is InChI=1S/C14H18N4OS/c1-3-4-8-15-14(20)18-17-12-10-7-5-6-9(2)11(10)16-13(12)19/h5-7,16,19H,3-4,8H2,1-2H3,(H,15,20). The molecule has 5 nitrogen and oxygen atoms in total. The van der Waals surface area contributed by atoms with Crippen LogP contribution in [0.5, 0.6) is 5.88 Å². The van der Waals surface area contributed by atoms with E-state index in [1.165, 1.54) is 0 Å². The van der Waals surface area contributed by atoms with Gasteiger partial charge < -0.3 is 15.4 Å². The lowest BCUT2D eigenvalue weighted by molar-refractivity contribution is 0.459. The van der Waals surface area contributed by atoms with E-state index in [1.807, 2.05) is 25.1 Å². The number of H-pyrrole nitrogens is 1. The summed E-state index contributed by atoms with van der Waals surface area (Å²) >= 11 is 5.07. The summed E-state index contributed by atoms with van der Waals surface area (Å²) in [5, 5.41) is 22.1. The van der Waals surface area contributed by atoms with Crippen LogP contribution in [0.25, 0.3) is 10.9 Å². The number of aryl methyl sites for hydroxylation is 1. The molecule has 0 amide bonds. The summed E-state index contributed by atoms with van der Waals surface area (Å²) in [6, 6.07) is 5.78. The Morgan fingerprint density at radius 2 is 2.25 bits per heavy atom. The molecule has 0 atom stereocenters. The lowest BCUT2D eigenvalue weighted by atomic mass is 10.1. The van der Waals surface area contributed by atoms with Gasteiger partial charge in [0.2, 0.25) is 11.0 Å². The Kier molecular flexibility index (Phi) is 4.68. The summed E-state index contributed by atoms with van der Waals surface area (Å²) in [7, 11) is 0. The van der Waals surface area contributed by atoms with E-state index in [0.717, 1.165) is 35.9 Å². The van der Waals surface area contributed by atoms with Gasteiger partial charge in [0.25, 0.3) is 0 Å². The molecule has 0 fully saturated rings. The average molecular weight is 290 g/mol. The maximum atomic E-state index is 9.91. The molecule has 0 bridgehead atoms. The van der Waals surface area contributed by atoms with Gasteiger partial charge in [0.1, 0.15) is 0 Å². The molecule has 106 valence electrons. The molecule has 2 aromatic rings. The Morgan fingerprint density at radius 3 is 3.00 bits per heavy atom. The van der Waals surface area contributed by atoms with Gasteiger partial charge in [-0.05, 0) is 31.1 Å². The number of unbranched alkanes of at least 4 members (excludes halogenated alkanes) is 1. The van der Waals surface area contributed by atoms with Crippen LogP contribution in [0.4, 0.5) is 5.69 Å². The number of fused-ring (bicyclic) bond motifs is 1. The zero-order chi connectivity index (χ0) is 14.5. The fourth-order valence-corrected chi connectivity index (χ4v) is 2.08. The van der Waals surface area contributed by atoms with Crippen LogP contribution in [0.2, 0.25) is 0 Å². The second-order valence-electron chi connectivity index (χ2n) is 4.61. The van der Waals surface area contributed by atoms with E-state index in [-0.39, 0.29) is 5.88 Å². The van der Waals surface area contributed by atoms with Gasteiger partial charge in [-0.25, -0.2) is 0 Å². The van der Waals surface area contributed by atoms with Crippen molar-refractivity contribution in [2.75, 3.05) is 6.54 Å². The molecule has 1 aromatic carbocycles. The van der Waals surface area contributed by atoms with Gasteiger partial charge in [0.05, 0.1) is 5.52 Å². The SMILES string of the molecule is CCCCNC(=S)N=Nc1c(O)[nH]c2c(C)cccc12. The van der Waals surface area contributed by atoms with E-state index < -0.39 is 0 Å². The maximum Gasteiger partial charge on any atom is 0.218 e. The number of azo groups is 1. The van der Waals surface area contributed by atoms with Crippen molar-refractivity contribution < 1.29 is 5.11 Å². The highest BCUT2D eigenvalue weighted by atomic mass is 32.1. The summed E-state index contributed by atoms with van der Waals surface area (Å²) in [6.07, 6.45) is 2.13. The Balaban J connectivity index is 2.19. The predicted octanol–water partition coefficient (Wildman–Crippen LogP) is 3.94. The molecule has 0 unspecified atom stereocenters. The number of rotatable bonds is 4. The minimum atomic E-state index is 0.00871. The van der Waals surface area contributed by atoms with Crippen LogP contribution in [-0.2, 0) is 0 Å². The zero-order valence-electron chi connectivity index (χ0n) is 11.6. The predicted molar refractivity (Wildman–Crippen MR) is 84.7 cm³/mol. The first-order valence-electron chi connectivity index (χ1n) is 6.63. The van der Waals surface area contributed by atoms with E-state index in [1.54, 1.807) is 0 Å². The molecule has 1 heterocycles. The summed E-state index contributed by atoms with van der Waals surface area (Å²) in [5.74, 6) is 0.00871. The van der Waals surface area contributed by atoms with E-state index in [0.29, 0.717) is 10.8 Å². The van der Waals surface area contributed by atoms with Gasteiger partial charge in [-0.1, -0.05) is 31.5 Å². The number of hydrogen-bond acceptors (Lipinski definition) is 3. The highest BCUT2D eigenvalue weighted by molar-refractivity contribution is 7.80. The van der Waals surface area contributed by atoms with Crippen LogP contribution >= 0.6 is 12.2 Å². The van der Waals surface area contributed by atoms with Crippen molar-refractivity contribution >= 4 is 33.9 Å². The Morgan fingerprint density at radius 1 is 1.45 bits per heavy atom. The number of hydrogen-bond donors (Lipinski definition) is 3. The van der Waals surface area contributed by atoms with E-state index in [9.17, 15) is 5.11 Å². The first-order valence-corrected chi connectivity index (χ1v) is 7.04. The number of nitrogens with zero attached hydrogens (tertiary/aromatic N) is 2. The molecule has 0 aliphatic heterocycles. The third-order valence-corrected chi connectivity index (χ3v) is 3.27. The van der Waals surface area contributed by atoms with Gasteiger partial charge in [0, 0.05) is 11.9 Å². The number of para-hydroxylation sites is 1. The monoisotopic (exact) mass is 290 g/mol. The van der Waals surface area contributed by atoms with Crippen LogP contribution < -0.4 is 5.32 Å². The second-order valence-corrected chi connectivity index (χ2v) is 4.99. The van der Waals surface area contributed by atoms with Crippen molar-refractivity contribution in [3.63, 3.8) is 0 Å². The molecule has 0 aliphatic rings. The third kappa shape index (κ3) is 3.14. The molecule has 0 saturated heterocycles. The minimum Gasteiger partial charge on any atom is -0.493 e. The van der Waals surface area contributed by atoms with Gasteiger partial charge in [-0.3, -0.25) is 0 Å². The van der Waals surface area contributed by atoms with Crippen molar-refractivity contribution in [1.82, 2.24) is 10.3 Å². The number of aromatic nitrogens is 1. The molecular formula is C14H18N4OS. The van der Waals surface area contributed by atoms with E-state index in [2.05, 4.69) is 27.5 Å². The topological polar surface area (TPSA) is 72.8 Å². The lowest BCUT2D eigenvalue weighted by Gasteiger charge is -2.00. The number of benzene rings is 1. The molecule has 0 spiro atoms. The van der Waals surface area contributed by atoms with Gasteiger partial charge in [0.15, 0.2) is 5.69 Å². The van der Waals surface area contributed by atoms with Crippen molar-refractivity contribution in [3.8, 4) is 5.88 Å². The normalized spacial score (nSPS) is 11.3. The van der Waals surface area contributed by atoms with Crippen LogP contribution in [0.3, 0.4) is 0 Å². The fraction of sp³-hybridized carbons (Fsp3) is 0.357. The first kappa shape index (κ1) is 14.5. The molecule has 0 saturated carbocycles. The quantitative estimate of drug-likeness (QED) is 0.453. The number of aromatic hydroxyl groups is 1. The van der Waals surface area contributed by atoms with E-state index in [4.69, 9.17) is 12.2 Å². The Labute approximate surface area is 123 Å².